The Morgan fingerprint density at radius 1 is 1.19 bits per heavy atom. The van der Waals surface area contributed by atoms with Crippen molar-refractivity contribution in [2.45, 2.75) is 13.0 Å². The quantitative estimate of drug-likeness (QED) is 0.655. The minimum atomic E-state index is -0.506. The van der Waals surface area contributed by atoms with Crippen molar-refractivity contribution >= 4 is 23.4 Å². The van der Waals surface area contributed by atoms with Crippen LogP contribution in [0.1, 0.15) is 21.7 Å². The molecule has 0 spiro atoms. The molecule has 0 bridgehead atoms. The van der Waals surface area contributed by atoms with Crippen LogP contribution in [-0.4, -0.2) is 35.0 Å². The van der Waals surface area contributed by atoms with Crippen LogP contribution >= 0.6 is 11.6 Å². The number of hydrogen-bond acceptors (Lipinski definition) is 7. The molecule has 0 atom stereocenters. The highest BCUT2D eigenvalue weighted by atomic mass is 35.5. The zero-order chi connectivity index (χ0) is 18.1. The van der Waals surface area contributed by atoms with Gasteiger partial charge in [0.2, 0.25) is 0 Å². The number of carbonyl (C=O) groups is 1. The second-order valence-electron chi connectivity index (χ2n) is 5.88. The van der Waals surface area contributed by atoms with Crippen LogP contribution < -0.4 is 4.90 Å². The zero-order valence-corrected chi connectivity index (χ0v) is 14.7. The molecule has 0 fully saturated rings. The maximum atomic E-state index is 11.5. The normalized spacial score (nSPS) is 13.4. The van der Waals surface area contributed by atoms with Gasteiger partial charge in [0.15, 0.2) is 17.3 Å². The van der Waals surface area contributed by atoms with E-state index in [1.54, 1.807) is 12.1 Å². The molecule has 7 nitrogen and oxygen atoms in total. The van der Waals surface area contributed by atoms with E-state index in [4.69, 9.17) is 16.1 Å². The molecular formula is C18H15ClN4O3. The predicted molar refractivity (Wildman–Crippen MR) is 95.1 cm³/mol. The molecule has 0 amide bonds. The van der Waals surface area contributed by atoms with Crippen molar-refractivity contribution in [2.75, 3.05) is 18.6 Å². The molecule has 0 saturated carbocycles. The fourth-order valence-electron chi connectivity index (χ4n) is 2.94. The number of hydrogen-bond donors (Lipinski definition) is 0. The lowest BCUT2D eigenvalue weighted by Crippen LogP contribution is -2.31. The van der Waals surface area contributed by atoms with Gasteiger partial charge in [-0.2, -0.15) is 0 Å². The predicted octanol–water partition coefficient (Wildman–Crippen LogP) is 3.13. The summed E-state index contributed by atoms with van der Waals surface area (Å²) in [5.74, 6) is 0.918. The molecule has 1 aliphatic rings. The number of carbonyl (C=O) groups excluding carboxylic acids is 1. The van der Waals surface area contributed by atoms with E-state index in [1.807, 2.05) is 24.3 Å². The number of aromatic nitrogens is 3. The van der Waals surface area contributed by atoms with Crippen molar-refractivity contribution in [2.24, 2.45) is 0 Å². The lowest BCUT2D eigenvalue weighted by atomic mass is 10.0. The molecule has 132 valence electrons. The highest BCUT2D eigenvalue weighted by molar-refractivity contribution is 6.30. The fraction of sp³-hybridized carbons (Fsp3) is 0.222. The van der Waals surface area contributed by atoms with Crippen molar-refractivity contribution in [3.63, 3.8) is 0 Å². The van der Waals surface area contributed by atoms with Gasteiger partial charge in [-0.05, 0) is 36.4 Å². The lowest BCUT2D eigenvalue weighted by Gasteiger charge is -2.26. The molecule has 0 aliphatic carbocycles. The first-order valence-electron chi connectivity index (χ1n) is 8.06. The third kappa shape index (κ3) is 3.01. The van der Waals surface area contributed by atoms with Gasteiger partial charge in [-0.15, -0.1) is 10.2 Å². The summed E-state index contributed by atoms with van der Waals surface area (Å²) in [4.78, 5) is 13.6. The van der Waals surface area contributed by atoms with E-state index in [2.05, 4.69) is 25.0 Å². The summed E-state index contributed by atoms with van der Waals surface area (Å²) in [6.07, 6.45) is 0.743. The SMILES string of the molecule is COC(=O)c1ccc(N2CCc3noc(-c4ccc(Cl)cc4)c3C2)nn1. The molecular weight excluding hydrogens is 356 g/mol. The Bertz CT molecular complexity index is 938. The number of anilines is 1. The Morgan fingerprint density at radius 3 is 2.69 bits per heavy atom. The summed E-state index contributed by atoms with van der Waals surface area (Å²) < 4.78 is 10.2. The van der Waals surface area contributed by atoms with Crippen LogP contribution in [0.2, 0.25) is 5.02 Å². The number of rotatable bonds is 3. The number of ether oxygens (including phenoxy) is 1. The van der Waals surface area contributed by atoms with Crippen LogP contribution in [0.25, 0.3) is 11.3 Å². The van der Waals surface area contributed by atoms with E-state index in [-0.39, 0.29) is 5.69 Å². The molecule has 0 unspecified atom stereocenters. The summed E-state index contributed by atoms with van der Waals surface area (Å²) in [7, 11) is 1.31. The van der Waals surface area contributed by atoms with Gasteiger partial charge >= 0.3 is 5.97 Å². The molecule has 1 aliphatic heterocycles. The molecule has 8 heteroatoms. The molecule has 0 saturated heterocycles. The summed E-state index contributed by atoms with van der Waals surface area (Å²) >= 11 is 5.96. The van der Waals surface area contributed by atoms with Gasteiger partial charge < -0.3 is 14.2 Å². The van der Waals surface area contributed by atoms with Gasteiger partial charge in [-0.25, -0.2) is 4.79 Å². The lowest BCUT2D eigenvalue weighted by molar-refractivity contribution is 0.0592. The average molecular weight is 371 g/mol. The molecule has 3 aromatic rings. The van der Waals surface area contributed by atoms with Crippen LogP contribution in [0.5, 0.6) is 0 Å². The molecule has 0 radical (unpaired) electrons. The first-order chi connectivity index (χ1) is 12.7. The third-order valence-electron chi connectivity index (χ3n) is 4.31. The first-order valence-corrected chi connectivity index (χ1v) is 8.44. The average Bonchev–Trinajstić information content (AvgIpc) is 3.11. The second kappa shape index (κ2) is 6.76. The van der Waals surface area contributed by atoms with E-state index in [1.165, 1.54) is 7.11 Å². The van der Waals surface area contributed by atoms with E-state index < -0.39 is 5.97 Å². The van der Waals surface area contributed by atoms with E-state index in [0.717, 1.165) is 35.5 Å². The van der Waals surface area contributed by atoms with Crippen molar-refractivity contribution in [3.8, 4) is 11.3 Å². The maximum absolute atomic E-state index is 11.5. The summed E-state index contributed by atoms with van der Waals surface area (Å²) in [5.41, 5.74) is 3.08. The topological polar surface area (TPSA) is 81.4 Å². The van der Waals surface area contributed by atoms with E-state index >= 15 is 0 Å². The van der Waals surface area contributed by atoms with Gasteiger partial charge in [0.1, 0.15) is 0 Å². The van der Waals surface area contributed by atoms with Gasteiger partial charge in [-0.3, -0.25) is 0 Å². The van der Waals surface area contributed by atoms with Gasteiger partial charge in [0.05, 0.1) is 19.3 Å². The Morgan fingerprint density at radius 2 is 2.00 bits per heavy atom. The number of esters is 1. The van der Waals surface area contributed by atoms with Crippen molar-refractivity contribution < 1.29 is 14.1 Å². The first kappa shape index (κ1) is 16.5. The van der Waals surface area contributed by atoms with Crippen LogP contribution in [-0.2, 0) is 17.7 Å². The molecule has 2 aromatic heterocycles. The van der Waals surface area contributed by atoms with Gasteiger partial charge in [0.25, 0.3) is 0 Å². The number of halogens is 1. The fourth-order valence-corrected chi connectivity index (χ4v) is 3.07. The minimum absolute atomic E-state index is 0.181. The zero-order valence-electron chi connectivity index (χ0n) is 14.0. The molecule has 1 aromatic carbocycles. The van der Waals surface area contributed by atoms with Crippen LogP contribution in [0, 0.1) is 0 Å². The standard InChI is InChI=1S/C18H15ClN4O3/c1-25-18(24)15-6-7-16(21-20-15)23-9-8-14-13(10-23)17(26-22-14)11-2-4-12(19)5-3-11/h2-7H,8-10H2,1H3. The second-order valence-corrected chi connectivity index (χ2v) is 6.32. The molecule has 0 N–H and O–H groups in total. The number of fused-ring (bicyclic) bond motifs is 1. The third-order valence-corrected chi connectivity index (χ3v) is 4.56. The molecule has 26 heavy (non-hydrogen) atoms. The smallest absolute Gasteiger partial charge is 0.358 e. The van der Waals surface area contributed by atoms with Crippen molar-refractivity contribution in [1.29, 1.82) is 0 Å². The summed E-state index contributed by atoms with van der Waals surface area (Å²) in [6.45, 7) is 1.34. The highest BCUT2D eigenvalue weighted by Crippen LogP contribution is 2.32. The van der Waals surface area contributed by atoms with Crippen LogP contribution in [0.4, 0.5) is 5.82 Å². The Labute approximate surface area is 154 Å². The van der Waals surface area contributed by atoms with E-state index in [0.29, 0.717) is 17.4 Å². The highest BCUT2D eigenvalue weighted by Gasteiger charge is 2.26. The van der Waals surface area contributed by atoms with Crippen molar-refractivity contribution in [3.05, 3.63) is 58.4 Å². The summed E-state index contributed by atoms with van der Waals surface area (Å²) in [5, 5.41) is 13.0. The Kier molecular flexibility index (Phi) is 4.30. The number of benzene rings is 1. The number of methoxy groups -OCH3 is 1. The largest absolute Gasteiger partial charge is 0.464 e. The monoisotopic (exact) mass is 370 g/mol. The van der Waals surface area contributed by atoms with E-state index in [9.17, 15) is 4.79 Å². The Balaban J connectivity index is 1.60. The maximum Gasteiger partial charge on any atom is 0.358 e. The van der Waals surface area contributed by atoms with Gasteiger partial charge in [0, 0.05) is 29.1 Å². The summed E-state index contributed by atoms with van der Waals surface area (Å²) in [6, 6.07) is 10.8. The Hall–Kier alpha value is -2.93. The number of nitrogens with zero attached hydrogens (tertiary/aromatic N) is 4. The van der Waals surface area contributed by atoms with Crippen LogP contribution in [0.15, 0.2) is 40.9 Å². The minimum Gasteiger partial charge on any atom is -0.464 e. The van der Waals surface area contributed by atoms with Crippen LogP contribution in [0.3, 0.4) is 0 Å². The molecule has 3 heterocycles. The van der Waals surface area contributed by atoms with Crippen molar-refractivity contribution in [1.82, 2.24) is 15.4 Å². The molecule has 4 rings (SSSR count). The van der Waals surface area contributed by atoms with Gasteiger partial charge in [-0.1, -0.05) is 16.8 Å².